The normalized spacial score (nSPS) is 25.1. The van der Waals surface area contributed by atoms with Crippen LogP contribution in [-0.2, 0) is 19.9 Å². The fourth-order valence-electron chi connectivity index (χ4n) is 5.08. The van der Waals surface area contributed by atoms with Crippen LogP contribution in [0.4, 0.5) is 0 Å². The van der Waals surface area contributed by atoms with Gasteiger partial charge in [0.1, 0.15) is 17.6 Å². The largest absolute Gasteiger partial charge is 0.490 e. The first-order valence-corrected chi connectivity index (χ1v) is 11.8. The summed E-state index contributed by atoms with van der Waals surface area (Å²) in [5.74, 6) is 1.92. The zero-order valence-electron chi connectivity index (χ0n) is 19.1. The number of benzene rings is 2. The monoisotopic (exact) mass is 431 g/mol. The summed E-state index contributed by atoms with van der Waals surface area (Å²) in [7, 11) is 1.98. The molecule has 0 bridgehead atoms. The lowest BCUT2D eigenvalue weighted by Crippen LogP contribution is -2.47. The van der Waals surface area contributed by atoms with Gasteiger partial charge < -0.3 is 15.2 Å². The van der Waals surface area contributed by atoms with Crippen LogP contribution in [-0.4, -0.2) is 21.4 Å². The molecule has 32 heavy (non-hydrogen) atoms. The molecular formula is C27H33N3O2. The highest BCUT2D eigenvalue weighted by atomic mass is 16.5. The molecule has 0 spiro atoms. The molecule has 1 aliphatic heterocycles. The molecule has 168 valence electrons. The zero-order valence-corrected chi connectivity index (χ0v) is 19.1. The van der Waals surface area contributed by atoms with Gasteiger partial charge in [0, 0.05) is 24.7 Å². The predicted octanol–water partition coefficient (Wildman–Crippen LogP) is 5.06. The molecule has 2 heterocycles. The Balaban J connectivity index is 1.17. The summed E-state index contributed by atoms with van der Waals surface area (Å²) in [6, 6.07) is 18.9. The first kappa shape index (κ1) is 21.1. The van der Waals surface area contributed by atoms with Crippen molar-refractivity contribution >= 4 is 0 Å². The Hall–Kier alpha value is -2.79. The lowest BCUT2D eigenvalue weighted by molar-refractivity contribution is 0.117. The highest BCUT2D eigenvalue weighted by molar-refractivity contribution is 5.42. The fourth-order valence-corrected chi connectivity index (χ4v) is 5.08. The molecule has 2 aromatic carbocycles. The first-order chi connectivity index (χ1) is 15.5. The maximum Gasteiger partial charge on any atom is 0.124 e. The van der Waals surface area contributed by atoms with Crippen molar-refractivity contribution in [2.45, 2.75) is 69.6 Å². The average molecular weight is 432 g/mol. The van der Waals surface area contributed by atoms with Crippen molar-refractivity contribution in [1.29, 1.82) is 0 Å². The van der Waals surface area contributed by atoms with Crippen molar-refractivity contribution in [3.63, 3.8) is 0 Å². The van der Waals surface area contributed by atoms with E-state index in [1.807, 2.05) is 23.9 Å². The van der Waals surface area contributed by atoms with Gasteiger partial charge in [-0.05, 0) is 80.8 Å². The molecule has 1 aliphatic carbocycles. The van der Waals surface area contributed by atoms with Crippen LogP contribution in [0, 0.1) is 6.92 Å². The standard InChI is InChI=1S/C27H33N3O2/c1-19-16-22(29-30(19)2)18-27(28)14-12-23(13-15-27)31-24-9-11-26-21(17-24)8-10-25(32-26)20-6-4-3-5-7-20/h3-7,9,11,16-17,23,25H,8,10,12-15,18,28H2,1-2H3. The molecule has 0 amide bonds. The van der Waals surface area contributed by atoms with Crippen LogP contribution in [0.2, 0.25) is 0 Å². The smallest absolute Gasteiger partial charge is 0.124 e. The summed E-state index contributed by atoms with van der Waals surface area (Å²) in [5, 5.41) is 4.60. The average Bonchev–Trinajstić information content (AvgIpc) is 3.11. The lowest BCUT2D eigenvalue weighted by Gasteiger charge is -2.37. The van der Waals surface area contributed by atoms with Crippen LogP contribution in [0.15, 0.2) is 54.6 Å². The van der Waals surface area contributed by atoms with E-state index in [1.54, 1.807) is 0 Å². The van der Waals surface area contributed by atoms with Crippen molar-refractivity contribution in [3.05, 3.63) is 77.1 Å². The second kappa shape index (κ2) is 8.62. The van der Waals surface area contributed by atoms with E-state index in [0.29, 0.717) is 0 Å². The number of nitrogens with zero attached hydrogens (tertiary/aromatic N) is 2. The third kappa shape index (κ3) is 4.53. The molecule has 5 nitrogen and oxygen atoms in total. The minimum atomic E-state index is -0.184. The molecule has 5 rings (SSSR count). The number of fused-ring (bicyclic) bond motifs is 1. The number of hydrogen-bond acceptors (Lipinski definition) is 4. The Bertz CT molecular complexity index is 1050. The van der Waals surface area contributed by atoms with Crippen LogP contribution in [0.25, 0.3) is 0 Å². The van der Waals surface area contributed by atoms with E-state index >= 15 is 0 Å². The minimum Gasteiger partial charge on any atom is -0.490 e. The topological polar surface area (TPSA) is 62.3 Å². The van der Waals surface area contributed by atoms with E-state index in [9.17, 15) is 0 Å². The molecule has 5 heteroatoms. The van der Waals surface area contributed by atoms with Gasteiger partial charge >= 0.3 is 0 Å². The number of rotatable bonds is 5. The molecule has 2 aliphatic rings. The number of hydrogen-bond donors (Lipinski definition) is 1. The van der Waals surface area contributed by atoms with Gasteiger partial charge in [0.25, 0.3) is 0 Å². The van der Waals surface area contributed by atoms with Crippen LogP contribution in [0.1, 0.15) is 60.7 Å². The zero-order chi connectivity index (χ0) is 22.1. The summed E-state index contributed by atoms with van der Waals surface area (Å²) in [6.07, 6.45) is 7.06. The third-order valence-electron chi connectivity index (χ3n) is 7.08. The second-order valence-corrected chi connectivity index (χ2v) is 9.58. The number of nitrogens with two attached hydrogens (primary N) is 1. The third-order valence-corrected chi connectivity index (χ3v) is 7.08. The first-order valence-electron chi connectivity index (χ1n) is 11.8. The highest BCUT2D eigenvalue weighted by Crippen LogP contribution is 2.38. The van der Waals surface area contributed by atoms with Gasteiger partial charge in [-0.3, -0.25) is 4.68 Å². The van der Waals surface area contributed by atoms with Gasteiger partial charge in [0.15, 0.2) is 0 Å². The van der Waals surface area contributed by atoms with E-state index in [-0.39, 0.29) is 17.7 Å². The van der Waals surface area contributed by atoms with Crippen molar-refractivity contribution < 1.29 is 9.47 Å². The molecule has 1 unspecified atom stereocenters. The number of aryl methyl sites for hydroxylation is 3. The van der Waals surface area contributed by atoms with Gasteiger partial charge in [-0.2, -0.15) is 5.10 Å². The Morgan fingerprint density at radius 1 is 1.09 bits per heavy atom. The molecule has 1 atom stereocenters. The maximum atomic E-state index is 6.74. The molecule has 1 saturated carbocycles. The van der Waals surface area contributed by atoms with Crippen LogP contribution in [0.3, 0.4) is 0 Å². The van der Waals surface area contributed by atoms with Crippen molar-refractivity contribution in [2.75, 3.05) is 0 Å². The Labute approximate surface area is 190 Å². The Morgan fingerprint density at radius 3 is 2.59 bits per heavy atom. The van der Waals surface area contributed by atoms with Gasteiger partial charge in [0.05, 0.1) is 11.8 Å². The van der Waals surface area contributed by atoms with E-state index in [4.69, 9.17) is 15.2 Å². The lowest BCUT2D eigenvalue weighted by atomic mass is 9.78. The molecule has 1 aromatic heterocycles. The van der Waals surface area contributed by atoms with E-state index in [0.717, 1.165) is 62.1 Å². The predicted molar refractivity (Wildman–Crippen MR) is 126 cm³/mol. The number of ether oxygens (including phenoxy) is 2. The second-order valence-electron chi connectivity index (χ2n) is 9.58. The molecule has 0 radical (unpaired) electrons. The quantitative estimate of drug-likeness (QED) is 0.614. The molecule has 0 saturated heterocycles. The van der Waals surface area contributed by atoms with Crippen molar-refractivity contribution in [3.8, 4) is 11.5 Å². The Kier molecular flexibility index (Phi) is 5.68. The van der Waals surface area contributed by atoms with E-state index in [1.165, 1.54) is 16.8 Å². The fraction of sp³-hybridized carbons (Fsp3) is 0.444. The summed E-state index contributed by atoms with van der Waals surface area (Å²) in [6.45, 7) is 2.08. The summed E-state index contributed by atoms with van der Waals surface area (Å²) >= 11 is 0. The summed E-state index contributed by atoms with van der Waals surface area (Å²) in [4.78, 5) is 0. The van der Waals surface area contributed by atoms with Gasteiger partial charge in [0.2, 0.25) is 0 Å². The summed E-state index contributed by atoms with van der Waals surface area (Å²) < 4.78 is 14.6. The van der Waals surface area contributed by atoms with Crippen molar-refractivity contribution in [1.82, 2.24) is 9.78 Å². The Morgan fingerprint density at radius 2 is 1.88 bits per heavy atom. The van der Waals surface area contributed by atoms with Gasteiger partial charge in [-0.15, -0.1) is 0 Å². The maximum absolute atomic E-state index is 6.74. The minimum absolute atomic E-state index is 0.134. The molecular weight excluding hydrogens is 398 g/mol. The molecule has 1 fully saturated rings. The van der Waals surface area contributed by atoms with E-state index < -0.39 is 0 Å². The highest BCUT2D eigenvalue weighted by Gasteiger charge is 2.33. The molecule has 3 aromatic rings. The van der Waals surface area contributed by atoms with Crippen LogP contribution in [0.5, 0.6) is 11.5 Å². The summed E-state index contributed by atoms with van der Waals surface area (Å²) in [5.41, 5.74) is 11.3. The van der Waals surface area contributed by atoms with E-state index in [2.05, 4.69) is 54.5 Å². The molecule has 2 N–H and O–H groups in total. The SMILES string of the molecule is Cc1cc(CC2(N)CCC(Oc3ccc4c(c3)CCC(c3ccccc3)O4)CC2)nn1C. The van der Waals surface area contributed by atoms with Crippen LogP contribution >= 0.6 is 0 Å². The van der Waals surface area contributed by atoms with Gasteiger partial charge in [-0.25, -0.2) is 0 Å². The number of aromatic nitrogens is 2. The van der Waals surface area contributed by atoms with Crippen molar-refractivity contribution in [2.24, 2.45) is 12.8 Å². The van der Waals surface area contributed by atoms with Gasteiger partial charge in [-0.1, -0.05) is 30.3 Å². The van der Waals surface area contributed by atoms with Crippen LogP contribution < -0.4 is 15.2 Å².